The lowest BCUT2D eigenvalue weighted by Crippen LogP contribution is -2.53. The molecule has 2 atom stereocenters. The standard InChI is InChI=1S/C42H34F4N10O6S3/c1-53(29-7-9-37-31(19-29)49-51-63-37)41(59)33(15-23-11-25(43)17-26(44)12-23)47-39(57)21-55-35-5-3-4-6-36(35)56(65(55,61)62)22-40(58)48-34(16-24-13-27(45)18-28(46)14-24)42(60)54(2)30-8-10-38-32(20-30)50-52-64-38/h3-14,17-20,33-34H,15-16,21-22H2,1-2H3,(H,47,57)(H,48,58). The molecule has 2 N–H and O–H groups in total. The second kappa shape index (κ2) is 18.2. The van der Waals surface area contributed by atoms with Crippen LogP contribution < -0.4 is 29.0 Å². The fraction of sp³-hybridized carbons (Fsp3) is 0.190. The number of benzene rings is 5. The first kappa shape index (κ1) is 44.5. The zero-order chi connectivity index (χ0) is 46.2. The molecular formula is C42H34F4N10O6S3. The van der Waals surface area contributed by atoms with Crippen LogP contribution in [0.15, 0.2) is 97.1 Å². The Morgan fingerprint density at radius 1 is 0.600 bits per heavy atom. The number of likely N-dealkylation sites (N-methyl/N-ethyl adjacent to an activating group) is 2. The van der Waals surface area contributed by atoms with Crippen LogP contribution in [-0.4, -0.2) is 90.5 Å². The SMILES string of the molecule is CN(C(=O)C(Cc1cc(F)cc(F)c1)NC(=O)CN1c2ccccc2N(CC(=O)NC(Cc2cc(F)cc(F)c2)C(=O)N(C)c2ccc3snnc3c2)S1(=O)=O)c1ccc2snnc2c1. The number of hydrogen-bond donors (Lipinski definition) is 2. The first-order chi connectivity index (χ1) is 31.0. The van der Waals surface area contributed by atoms with Crippen molar-refractivity contribution in [3.63, 3.8) is 0 Å². The molecule has 0 fully saturated rings. The summed E-state index contributed by atoms with van der Waals surface area (Å²) in [5.74, 6) is -7.10. The highest BCUT2D eigenvalue weighted by Gasteiger charge is 2.43. The smallest absolute Gasteiger partial charge is 0.327 e. The number of carbonyl (C=O) groups is 4. The van der Waals surface area contributed by atoms with Crippen molar-refractivity contribution >= 4 is 100 Å². The van der Waals surface area contributed by atoms with Crippen molar-refractivity contribution in [1.82, 2.24) is 29.8 Å². The maximum Gasteiger partial charge on any atom is 0.327 e. The topological polar surface area (TPSA) is 191 Å². The second-order valence-electron chi connectivity index (χ2n) is 14.9. The maximum absolute atomic E-state index is 14.3. The van der Waals surface area contributed by atoms with E-state index in [9.17, 15) is 45.2 Å². The molecule has 1 aliphatic heterocycles. The van der Waals surface area contributed by atoms with Crippen LogP contribution in [0.25, 0.3) is 20.4 Å². The molecule has 16 nitrogen and oxygen atoms in total. The molecule has 4 amide bonds. The molecule has 2 aromatic heterocycles. The minimum Gasteiger partial charge on any atom is -0.342 e. The summed E-state index contributed by atoms with van der Waals surface area (Å²) in [5, 5.41) is 13.1. The molecule has 8 rings (SSSR count). The summed E-state index contributed by atoms with van der Waals surface area (Å²) >= 11 is 2.28. The van der Waals surface area contributed by atoms with Gasteiger partial charge in [-0.05, 0) is 107 Å². The minimum atomic E-state index is -4.75. The molecule has 0 aliphatic carbocycles. The Kier molecular flexibility index (Phi) is 12.4. The number of carbonyl (C=O) groups excluding carboxylic acids is 4. The minimum absolute atomic E-state index is 0.0117. The Hall–Kier alpha value is -7.11. The first-order valence-electron chi connectivity index (χ1n) is 19.4. The van der Waals surface area contributed by atoms with Crippen molar-refractivity contribution in [3.8, 4) is 0 Å². The molecule has 0 spiro atoms. The quantitative estimate of drug-likeness (QED) is 0.142. The Labute approximate surface area is 375 Å². The normalized spacial score (nSPS) is 13.9. The first-order valence-corrected chi connectivity index (χ1v) is 22.4. The number of hydrogen-bond acceptors (Lipinski definition) is 12. The lowest BCUT2D eigenvalue weighted by Gasteiger charge is -2.27. The summed E-state index contributed by atoms with van der Waals surface area (Å²) in [7, 11) is -1.90. The molecule has 23 heteroatoms. The largest absolute Gasteiger partial charge is 0.342 e. The van der Waals surface area contributed by atoms with Gasteiger partial charge in [0, 0.05) is 50.4 Å². The van der Waals surface area contributed by atoms with E-state index >= 15 is 0 Å². The van der Waals surface area contributed by atoms with Crippen LogP contribution in [0.4, 0.5) is 40.3 Å². The summed E-state index contributed by atoms with van der Waals surface area (Å²) in [6.07, 6.45) is -0.790. The molecular weight excluding hydrogens is 913 g/mol. The van der Waals surface area contributed by atoms with E-state index in [0.29, 0.717) is 34.5 Å². The molecule has 1 aliphatic rings. The number of amides is 4. The molecule has 3 heterocycles. The second-order valence-corrected chi connectivity index (χ2v) is 18.2. The van der Waals surface area contributed by atoms with E-state index in [1.807, 2.05) is 0 Å². The summed E-state index contributed by atoms with van der Waals surface area (Å²) < 4.78 is 96.5. The van der Waals surface area contributed by atoms with Gasteiger partial charge in [0.25, 0.3) is 0 Å². The maximum atomic E-state index is 14.3. The van der Waals surface area contributed by atoms with E-state index in [0.717, 1.165) is 65.3 Å². The molecule has 334 valence electrons. The van der Waals surface area contributed by atoms with Crippen LogP contribution in [0.3, 0.4) is 0 Å². The molecule has 5 aromatic carbocycles. The molecule has 65 heavy (non-hydrogen) atoms. The average Bonchev–Trinajstić information content (AvgIpc) is 3.98. The van der Waals surface area contributed by atoms with E-state index in [4.69, 9.17) is 0 Å². The van der Waals surface area contributed by atoms with E-state index in [1.165, 1.54) is 48.2 Å². The molecule has 2 unspecified atom stereocenters. The Bertz CT molecular complexity index is 2880. The van der Waals surface area contributed by atoms with Gasteiger partial charge in [-0.3, -0.25) is 19.2 Å². The van der Waals surface area contributed by atoms with Gasteiger partial charge >= 0.3 is 10.2 Å². The van der Waals surface area contributed by atoms with Crippen molar-refractivity contribution in [1.29, 1.82) is 0 Å². The Balaban J connectivity index is 1.02. The number of halogens is 4. The summed E-state index contributed by atoms with van der Waals surface area (Å²) in [4.78, 5) is 58.3. The number of nitrogens with zero attached hydrogens (tertiary/aromatic N) is 8. The van der Waals surface area contributed by atoms with E-state index in [1.54, 1.807) is 36.4 Å². The monoisotopic (exact) mass is 946 g/mol. The van der Waals surface area contributed by atoms with Gasteiger partial charge in [-0.25, -0.2) is 26.2 Å². The highest BCUT2D eigenvalue weighted by molar-refractivity contribution is 7.94. The van der Waals surface area contributed by atoms with Crippen LogP contribution in [0, 0.1) is 23.3 Å². The van der Waals surface area contributed by atoms with E-state index < -0.39 is 95.1 Å². The zero-order valence-electron chi connectivity index (χ0n) is 34.0. The lowest BCUT2D eigenvalue weighted by atomic mass is 10.0. The van der Waals surface area contributed by atoms with Crippen LogP contribution >= 0.6 is 23.1 Å². The number of para-hydroxylation sites is 2. The third-order valence-electron chi connectivity index (χ3n) is 10.4. The van der Waals surface area contributed by atoms with Gasteiger partial charge in [0.1, 0.15) is 59.5 Å². The molecule has 0 bridgehead atoms. The molecule has 0 saturated carbocycles. The van der Waals surface area contributed by atoms with Gasteiger partial charge in [0.05, 0.1) is 20.8 Å². The number of rotatable bonds is 14. The van der Waals surface area contributed by atoms with Crippen LogP contribution in [0.2, 0.25) is 0 Å². The third kappa shape index (κ3) is 9.56. The fourth-order valence-electron chi connectivity index (χ4n) is 7.34. The van der Waals surface area contributed by atoms with E-state index in [-0.39, 0.29) is 22.5 Å². The Morgan fingerprint density at radius 2 is 0.985 bits per heavy atom. The highest BCUT2D eigenvalue weighted by atomic mass is 32.2. The number of anilines is 4. The highest BCUT2D eigenvalue weighted by Crippen LogP contribution is 2.40. The van der Waals surface area contributed by atoms with Crippen molar-refractivity contribution < 1.29 is 45.2 Å². The number of nitrogens with one attached hydrogen (secondary N) is 2. The van der Waals surface area contributed by atoms with Crippen LogP contribution in [0.5, 0.6) is 0 Å². The summed E-state index contributed by atoms with van der Waals surface area (Å²) in [6, 6.07) is 17.9. The van der Waals surface area contributed by atoms with Crippen LogP contribution in [0.1, 0.15) is 11.1 Å². The fourth-order valence-corrected chi connectivity index (χ4v) is 10.0. The summed E-state index contributed by atoms with van der Waals surface area (Å²) in [5.41, 5.74) is 1.73. The molecule has 7 aromatic rings. The van der Waals surface area contributed by atoms with Gasteiger partial charge in [-0.2, -0.15) is 8.42 Å². The van der Waals surface area contributed by atoms with E-state index in [2.05, 4.69) is 29.8 Å². The van der Waals surface area contributed by atoms with Crippen molar-refractivity contribution in [3.05, 3.63) is 131 Å². The average molecular weight is 947 g/mol. The van der Waals surface area contributed by atoms with Crippen molar-refractivity contribution in [2.45, 2.75) is 24.9 Å². The number of fused-ring (bicyclic) bond motifs is 3. The predicted molar refractivity (Wildman–Crippen MR) is 236 cm³/mol. The number of aromatic nitrogens is 4. The van der Waals surface area contributed by atoms with Gasteiger partial charge < -0.3 is 20.4 Å². The van der Waals surface area contributed by atoms with Crippen LogP contribution in [-0.2, 0) is 42.2 Å². The Morgan fingerprint density at radius 3 is 1.37 bits per heavy atom. The van der Waals surface area contributed by atoms with Crippen molar-refractivity contribution in [2.24, 2.45) is 0 Å². The van der Waals surface area contributed by atoms with Crippen molar-refractivity contribution in [2.75, 3.05) is 45.6 Å². The molecule has 0 saturated heterocycles. The van der Waals surface area contributed by atoms with Gasteiger partial charge in [-0.15, -0.1) is 10.2 Å². The van der Waals surface area contributed by atoms with Gasteiger partial charge in [-0.1, -0.05) is 21.1 Å². The van der Waals surface area contributed by atoms with Gasteiger partial charge in [0.15, 0.2) is 0 Å². The third-order valence-corrected chi connectivity index (χ3v) is 13.6. The predicted octanol–water partition coefficient (Wildman–Crippen LogP) is 4.90. The molecule has 0 radical (unpaired) electrons. The zero-order valence-corrected chi connectivity index (χ0v) is 36.4. The van der Waals surface area contributed by atoms with Gasteiger partial charge in [0.2, 0.25) is 23.6 Å². The lowest BCUT2D eigenvalue weighted by molar-refractivity contribution is -0.126. The summed E-state index contributed by atoms with van der Waals surface area (Å²) in [6.45, 7) is -1.82.